The molecule has 0 bridgehead atoms. The molecule has 0 fully saturated rings. The minimum atomic E-state index is -0.0999. The maximum absolute atomic E-state index is 11.6. The Morgan fingerprint density at radius 2 is 1.71 bits per heavy atom. The Balaban J connectivity index is 1.78. The SMILES string of the molecule is C=CCNC(=O)CNc1ccccc1OCCOc1ccccc1. The summed E-state index contributed by atoms with van der Waals surface area (Å²) in [5, 5.41) is 5.78. The van der Waals surface area contributed by atoms with E-state index in [4.69, 9.17) is 9.47 Å². The number of anilines is 1. The molecule has 0 aliphatic carbocycles. The lowest BCUT2D eigenvalue weighted by molar-refractivity contribution is -0.119. The van der Waals surface area contributed by atoms with Crippen LogP contribution in [0.25, 0.3) is 0 Å². The number of carbonyl (C=O) groups is 1. The summed E-state index contributed by atoms with van der Waals surface area (Å²) in [6, 6.07) is 17.1. The highest BCUT2D eigenvalue weighted by atomic mass is 16.5. The maximum atomic E-state index is 11.6. The lowest BCUT2D eigenvalue weighted by Gasteiger charge is -2.13. The number of amides is 1. The van der Waals surface area contributed by atoms with E-state index in [9.17, 15) is 4.79 Å². The zero-order valence-corrected chi connectivity index (χ0v) is 13.5. The van der Waals surface area contributed by atoms with Crippen molar-refractivity contribution in [1.82, 2.24) is 5.32 Å². The number of hydrogen-bond donors (Lipinski definition) is 2. The molecule has 2 aromatic carbocycles. The summed E-state index contributed by atoms with van der Waals surface area (Å²) in [5.41, 5.74) is 0.769. The molecule has 1 amide bonds. The van der Waals surface area contributed by atoms with Gasteiger partial charge in [0.2, 0.25) is 5.91 Å². The number of rotatable bonds is 10. The number of nitrogens with one attached hydrogen (secondary N) is 2. The number of para-hydroxylation sites is 3. The molecule has 0 aliphatic rings. The van der Waals surface area contributed by atoms with E-state index in [2.05, 4.69) is 17.2 Å². The highest BCUT2D eigenvalue weighted by molar-refractivity contribution is 5.81. The fourth-order valence-corrected chi connectivity index (χ4v) is 1.99. The maximum Gasteiger partial charge on any atom is 0.239 e. The summed E-state index contributed by atoms with van der Waals surface area (Å²) < 4.78 is 11.3. The van der Waals surface area contributed by atoms with Gasteiger partial charge in [-0.25, -0.2) is 0 Å². The molecule has 24 heavy (non-hydrogen) atoms. The van der Waals surface area contributed by atoms with Gasteiger partial charge in [0, 0.05) is 6.54 Å². The third-order valence-corrected chi connectivity index (χ3v) is 3.12. The number of hydrogen-bond acceptors (Lipinski definition) is 4. The van der Waals surface area contributed by atoms with Crippen LogP contribution in [0.3, 0.4) is 0 Å². The summed E-state index contributed by atoms with van der Waals surface area (Å²) >= 11 is 0. The standard InChI is InChI=1S/C19H22N2O3/c1-2-12-20-19(22)15-21-17-10-6-7-11-18(17)24-14-13-23-16-8-4-3-5-9-16/h2-11,21H,1,12-15H2,(H,20,22). The minimum absolute atomic E-state index is 0.0999. The molecule has 5 nitrogen and oxygen atoms in total. The Bertz CT molecular complexity index is 644. The van der Waals surface area contributed by atoms with Crippen LogP contribution in [0.4, 0.5) is 5.69 Å². The van der Waals surface area contributed by atoms with Crippen LogP contribution < -0.4 is 20.1 Å². The monoisotopic (exact) mass is 326 g/mol. The molecule has 2 N–H and O–H groups in total. The molecule has 126 valence electrons. The van der Waals surface area contributed by atoms with Gasteiger partial charge in [-0.1, -0.05) is 36.4 Å². The molecule has 0 atom stereocenters. The molecular weight excluding hydrogens is 304 g/mol. The molecule has 0 heterocycles. The van der Waals surface area contributed by atoms with Crippen LogP contribution in [0, 0.1) is 0 Å². The summed E-state index contributed by atoms with van der Waals surface area (Å²) in [5.74, 6) is 1.40. The first-order chi connectivity index (χ1) is 11.8. The topological polar surface area (TPSA) is 59.6 Å². The molecule has 5 heteroatoms. The van der Waals surface area contributed by atoms with Crippen LogP contribution in [-0.2, 0) is 4.79 Å². The van der Waals surface area contributed by atoms with E-state index in [0.29, 0.717) is 25.5 Å². The van der Waals surface area contributed by atoms with Crippen LogP contribution in [0.1, 0.15) is 0 Å². The average molecular weight is 326 g/mol. The summed E-state index contributed by atoms with van der Waals surface area (Å²) in [6.45, 7) is 5.05. The molecule has 0 saturated heterocycles. The lowest BCUT2D eigenvalue weighted by Crippen LogP contribution is -2.29. The van der Waals surface area contributed by atoms with Gasteiger partial charge in [0.15, 0.2) is 0 Å². The summed E-state index contributed by atoms with van der Waals surface area (Å²) in [6.07, 6.45) is 1.64. The fraction of sp³-hybridized carbons (Fsp3) is 0.211. The molecule has 0 radical (unpaired) electrons. The van der Waals surface area contributed by atoms with Crippen molar-refractivity contribution >= 4 is 11.6 Å². The van der Waals surface area contributed by atoms with E-state index in [1.54, 1.807) is 6.08 Å². The molecule has 0 aliphatic heterocycles. The van der Waals surface area contributed by atoms with Crippen molar-refractivity contribution in [2.45, 2.75) is 0 Å². The van der Waals surface area contributed by atoms with E-state index < -0.39 is 0 Å². The van der Waals surface area contributed by atoms with Gasteiger partial charge in [0.25, 0.3) is 0 Å². The zero-order valence-electron chi connectivity index (χ0n) is 13.5. The van der Waals surface area contributed by atoms with Gasteiger partial charge in [-0.2, -0.15) is 0 Å². The second-order valence-corrected chi connectivity index (χ2v) is 4.95. The van der Waals surface area contributed by atoms with Gasteiger partial charge < -0.3 is 20.1 Å². The third kappa shape index (κ3) is 6.04. The average Bonchev–Trinajstić information content (AvgIpc) is 2.63. The van der Waals surface area contributed by atoms with Gasteiger partial charge in [-0.15, -0.1) is 6.58 Å². The molecular formula is C19H22N2O3. The second kappa shape index (κ2) is 9.94. The second-order valence-electron chi connectivity index (χ2n) is 4.95. The first-order valence-corrected chi connectivity index (χ1v) is 7.80. The van der Waals surface area contributed by atoms with E-state index in [1.807, 2.05) is 54.6 Å². The van der Waals surface area contributed by atoms with Crippen LogP contribution in [-0.4, -0.2) is 32.2 Å². The number of benzene rings is 2. The Hall–Kier alpha value is -2.95. The number of ether oxygens (including phenoxy) is 2. The number of carbonyl (C=O) groups excluding carboxylic acids is 1. The minimum Gasteiger partial charge on any atom is -0.490 e. The Kier molecular flexibility index (Phi) is 7.21. The third-order valence-electron chi connectivity index (χ3n) is 3.12. The highest BCUT2D eigenvalue weighted by Gasteiger charge is 2.05. The normalized spacial score (nSPS) is 9.83. The van der Waals surface area contributed by atoms with Crippen molar-refractivity contribution in [3.63, 3.8) is 0 Å². The molecule has 0 aromatic heterocycles. The first kappa shape index (κ1) is 17.4. The highest BCUT2D eigenvalue weighted by Crippen LogP contribution is 2.23. The van der Waals surface area contributed by atoms with Crippen molar-refractivity contribution in [3.8, 4) is 11.5 Å². The van der Waals surface area contributed by atoms with Crippen LogP contribution in [0.5, 0.6) is 11.5 Å². The summed E-state index contributed by atoms with van der Waals surface area (Å²) in [7, 11) is 0. The van der Waals surface area contributed by atoms with Crippen LogP contribution in [0.15, 0.2) is 67.3 Å². The molecule has 2 rings (SSSR count). The van der Waals surface area contributed by atoms with Crippen molar-refractivity contribution in [3.05, 3.63) is 67.3 Å². The molecule has 0 spiro atoms. The van der Waals surface area contributed by atoms with Crippen molar-refractivity contribution in [2.75, 3.05) is 31.6 Å². The van der Waals surface area contributed by atoms with E-state index in [-0.39, 0.29) is 12.5 Å². The Morgan fingerprint density at radius 1 is 1.00 bits per heavy atom. The quantitative estimate of drug-likeness (QED) is 0.521. The smallest absolute Gasteiger partial charge is 0.239 e. The van der Waals surface area contributed by atoms with Crippen LogP contribution in [0.2, 0.25) is 0 Å². The predicted octanol–water partition coefficient (Wildman–Crippen LogP) is 2.86. The first-order valence-electron chi connectivity index (χ1n) is 7.80. The van der Waals surface area contributed by atoms with E-state index in [0.717, 1.165) is 11.4 Å². The molecule has 0 saturated carbocycles. The zero-order chi connectivity index (χ0) is 17.0. The van der Waals surface area contributed by atoms with Gasteiger partial charge in [-0.05, 0) is 24.3 Å². The van der Waals surface area contributed by atoms with Crippen molar-refractivity contribution in [1.29, 1.82) is 0 Å². The van der Waals surface area contributed by atoms with E-state index in [1.165, 1.54) is 0 Å². The lowest BCUT2D eigenvalue weighted by atomic mass is 10.3. The van der Waals surface area contributed by atoms with Gasteiger partial charge in [0.05, 0.1) is 12.2 Å². The Labute approximate surface area is 142 Å². The molecule has 0 unspecified atom stereocenters. The van der Waals surface area contributed by atoms with Gasteiger partial charge in [-0.3, -0.25) is 4.79 Å². The van der Waals surface area contributed by atoms with Gasteiger partial charge >= 0.3 is 0 Å². The summed E-state index contributed by atoms with van der Waals surface area (Å²) in [4.78, 5) is 11.6. The predicted molar refractivity (Wildman–Crippen MR) is 95.6 cm³/mol. The van der Waals surface area contributed by atoms with Gasteiger partial charge in [0.1, 0.15) is 24.7 Å². The van der Waals surface area contributed by atoms with E-state index >= 15 is 0 Å². The largest absolute Gasteiger partial charge is 0.490 e. The Morgan fingerprint density at radius 3 is 2.50 bits per heavy atom. The molecule has 2 aromatic rings. The van der Waals surface area contributed by atoms with Crippen molar-refractivity contribution < 1.29 is 14.3 Å². The fourth-order valence-electron chi connectivity index (χ4n) is 1.99. The van der Waals surface area contributed by atoms with Crippen molar-refractivity contribution in [2.24, 2.45) is 0 Å². The van der Waals surface area contributed by atoms with Crippen LogP contribution >= 0.6 is 0 Å².